The lowest BCUT2D eigenvalue weighted by Gasteiger charge is -2.21. The molecule has 1 aromatic carbocycles. The summed E-state index contributed by atoms with van der Waals surface area (Å²) in [5, 5.41) is 0. The van der Waals surface area contributed by atoms with E-state index in [0.29, 0.717) is 18.1 Å². The van der Waals surface area contributed by atoms with Crippen LogP contribution in [0, 0.1) is 13.8 Å². The maximum Gasteiger partial charge on any atom is 0.264 e. The average molecular weight is 327 g/mol. The number of benzene rings is 1. The Bertz CT molecular complexity index is 799. The number of H-pyrrole nitrogens is 1. The van der Waals surface area contributed by atoms with Crippen molar-refractivity contribution in [2.24, 2.45) is 0 Å². The molecule has 0 saturated heterocycles. The van der Waals surface area contributed by atoms with E-state index in [2.05, 4.69) is 9.97 Å². The normalized spacial score (nSPS) is 11.4. The number of nitrogens with one attached hydrogen (secondary N) is 1. The van der Waals surface area contributed by atoms with Crippen molar-refractivity contribution < 1.29 is 4.79 Å². The number of hydrogen-bond donors (Lipinski definition) is 1. The first-order valence-electron chi connectivity index (χ1n) is 8.02. The lowest BCUT2D eigenvalue weighted by atomic mass is 9.95. The summed E-state index contributed by atoms with van der Waals surface area (Å²) >= 11 is 0. The molecule has 0 saturated carbocycles. The molecular formula is C19H25N3O2. The van der Waals surface area contributed by atoms with Crippen molar-refractivity contribution in [1.82, 2.24) is 14.9 Å². The molecule has 0 bridgehead atoms. The highest BCUT2D eigenvalue weighted by Gasteiger charge is 2.23. The minimum atomic E-state index is -0.381. The molecule has 1 heterocycles. The first-order chi connectivity index (χ1) is 11.1. The average Bonchev–Trinajstić information content (AvgIpc) is 2.47. The summed E-state index contributed by atoms with van der Waals surface area (Å²) in [6, 6.07) is 7.98. The second-order valence-corrected chi connectivity index (χ2v) is 7.27. The van der Waals surface area contributed by atoms with Gasteiger partial charge in [0.05, 0.1) is 5.69 Å². The Hall–Kier alpha value is -2.43. The van der Waals surface area contributed by atoms with Crippen LogP contribution in [0.3, 0.4) is 0 Å². The highest BCUT2D eigenvalue weighted by atomic mass is 16.2. The SMILES string of the molecule is Cc1ccc(CN(C)C(=O)c2c(C)nc(C(C)(C)C)[nH]c2=O)cc1. The van der Waals surface area contributed by atoms with Gasteiger partial charge >= 0.3 is 0 Å². The third-order valence-electron chi connectivity index (χ3n) is 3.91. The van der Waals surface area contributed by atoms with E-state index in [1.165, 1.54) is 5.56 Å². The van der Waals surface area contributed by atoms with Gasteiger partial charge in [-0.25, -0.2) is 4.98 Å². The lowest BCUT2D eigenvalue weighted by molar-refractivity contribution is 0.0781. The van der Waals surface area contributed by atoms with Crippen LogP contribution in [0.1, 0.15) is 53.8 Å². The molecule has 1 amide bonds. The van der Waals surface area contributed by atoms with Crippen LogP contribution < -0.4 is 5.56 Å². The molecule has 0 aliphatic heterocycles. The summed E-state index contributed by atoms with van der Waals surface area (Å²) in [6.07, 6.45) is 0. The van der Waals surface area contributed by atoms with E-state index < -0.39 is 0 Å². The van der Waals surface area contributed by atoms with Gasteiger partial charge in [0.15, 0.2) is 0 Å². The van der Waals surface area contributed by atoms with Gasteiger partial charge in [0.25, 0.3) is 11.5 Å². The maximum absolute atomic E-state index is 12.7. The second kappa shape index (κ2) is 6.59. The maximum atomic E-state index is 12.7. The van der Waals surface area contributed by atoms with Crippen LogP contribution in [0.15, 0.2) is 29.1 Å². The summed E-state index contributed by atoms with van der Waals surface area (Å²) in [6.45, 7) is 10.1. The summed E-state index contributed by atoms with van der Waals surface area (Å²) in [5.41, 5.74) is 2.10. The zero-order valence-corrected chi connectivity index (χ0v) is 15.2. The fourth-order valence-corrected chi connectivity index (χ4v) is 2.42. The van der Waals surface area contributed by atoms with E-state index in [4.69, 9.17) is 0 Å². The van der Waals surface area contributed by atoms with Gasteiger partial charge in [0.2, 0.25) is 0 Å². The molecular weight excluding hydrogens is 302 g/mol. The van der Waals surface area contributed by atoms with Crippen LogP contribution in [0.25, 0.3) is 0 Å². The zero-order valence-electron chi connectivity index (χ0n) is 15.2. The molecule has 128 valence electrons. The van der Waals surface area contributed by atoms with Crippen LogP contribution >= 0.6 is 0 Å². The Morgan fingerprint density at radius 2 is 1.75 bits per heavy atom. The third-order valence-corrected chi connectivity index (χ3v) is 3.91. The molecule has 0 atom stereocenters. The van der Waals surface area contributed by atoms with Crippen LogP contribution in [-0.4, -0.2) is 27.8 Å². The van der Waals surface area contributed by atoms with Crippen LogP contribution in [-0.2, 0) is 12.0 Å². The van der Waals surface area contributed by atoms with Gasteiger partial charge in [-0.3, -0.25) is 9.59 Å². The summed E-state index contributed by atoms with van der Waals surface area (Å²) in [4.78, 5) is 33.8. The minimum Gasteiger partial charge on any atom is -0.337 e. The third kappa shape index (κ3) is 3.91. The molecule has 2 rings (SSSR count). The van der Waals surface area contributed by atoms with Crippen molar-refractivity contribution in [2.45, 2.75) is 46.6 Å². The predicted octanol–water partition coefficient (Wildman–Crippen LogP) is 2.96. The van der Waals surface area contributed by atoms with E-state index in [0.717, 1.165) is 5.56 Å². The Kier molecular flexibility index (Phi) is 4.92. The van der Waals surface area contributed by atoms with E-state index in [9.17, 15) is 9.59 Å². The smallest absolute Gasteiger partial charge is 0.264 e. The lowest BCUT2D eigenvalue weighted by Crippen LogP contribution is -2.34. The quantitative estimate of drug-likeness (QED) is 0.942. The minimum absolute atomic E-state index is 0.109. The number of carbonyl (C=O) groups is 1. The van der Waals surface area contributed by atoms with Crippen LogP contribution in [0.5, 0.6) is 0 Å². The molecule has 2 aromatic rings. The molecule has 0 fully saturated rings. The number of aromatic amines is 1. The topological polar surface area (TPSA) is 66.1 Å². The van der Waals surface area contributed by atoms with Crippen LogP contribution in [0.2, 0.25) is 0 Å². The van der Waals surface area contributed by atoms with E-state index in [1.807, 2.05) is 52.0 Å². The molecule has 1 N–H and O–H groups in total. The van der Waals surface area contributed by atoms with E-state index in [-0.39, 0.29) is 22.4 Å². The van der Waals surface area contributed by atoms with Crippen molar-refractivity contribution in [1.29, 1.82) is 0 Å². The van der Waals surface area contributed by atoms with Gasteiger partial charge in [-0.2, -0.15) is 0 Å². The molecule has 0 unspecified atom stereocenters. The van der Waals surface area contributed by atoms with Crippen LogP contribution in [0.4, 0.5) is 0 Å². The number of rotatable bonds is 3. The Labute approximate surface area is 142 Å². The fourth-order valence-electron chi connectivity index (χ4n) is 2.42. The van der Waals surface area contributed by atoms with Gasteiger partial charge in [-0.1, -0.05) is 50.6 Å². The zero-order chi connectivity index (χ0) is 18.1. The van der Waals surface area contributed by atoms with E-state index >= 15 is 0 Å². The first-order valence-corrected chi connectivity index (χ1v) is 8.02. The van der Waals surface area contributed by atoms with Crippen molar-refractivity contribution in [2.75, 3.05) is 7.05 Å². The van der Waals surface area contributed by atoms with Crippen molar-refractivity contribution >= 4 is 5.91 Å². The Morgan fingerprint density at radius 3 is 2.25 bits per heavy atom. The van der Waals surface area contributed by atoms with Gasteiger partial charge in [-0.05, 0) is 19.4 Å². The molecule has 1 aromatic heterocycles. The molecule has 5 heteroatoms. The van der Waals surface area contributed by atoms with Gasteiger partial charge in [0, 0.05) is 19.0 Å². The standard InChI is InChI=1S/C19H25N3O2/c1-12-7-9-14(10-8-12)11-22(6)17(24)15-13(2)20-18(19(3,4)5)21-16(15)23/h7-10H,11H2,1-6H3,(H,20,21,23). The molecule has 5 nitrogen and oxygen atoms in total. The number of carbonyl (C=O) groups excluding carboxylic acids is 1. The van der Waals surface area contributed by atoms with Gasteiger partial charge < -0.3 is 9.88 Å². The highest BCUT2D eigenvalue weighted by molar-refractivity contribution is 5.94. The second-order valence-electron chi connectivity index (χ2n) is 7.27. The Balaban J connectivity index is 2.29. The van der Waals surface area contributed by atoms with E-state index in [1.54, 1.807) is 18.9 Å². The number of amides is 1. The summed E-state index contributed by atoms with van der Waals surface area (Å²) < 4.78 is 0. The number of aromatic nitrogens is 2. The van der Waals surface area contributed by atoms with Crippen molar-refractivity contribution in [3.8, 4) is 0 Å². The number of aryl methyl sites for hydroxylation is 2. The van der Waals surface area contributed by atoms with Gasteiger partial charge in [0.1, 0.15) is 11.4 Å². The first kappa shape index (κ1) is 17.9. The largest absolute Gasteiger partial charge is 0.337 e. The molecule has 0 aliphatic carbocycles. The van der Waals surface area contributed by atoms with Crippen molar-refractivity contribution in [3.63, 3.8) is 0 Å². The van der Waals surface area contributed by atoms with Crippen molar-refractivity contribution in [3.05, 3.63) is 62.8 Å². The summed E-state index contributed by atoms with van der Waals surface area (Å²) in [7, 11) is 1.69. The summed E-state index contributed by atoms with van der Waals surface area (Å²) in [5.74, 6) is 0.269. The molecule has 0 radical (unpaired) electrons. The fraction of sp³-hybridized carbons (Fsp3) is 0.421. The monoisotopic (exact) mass is 327 g/mol. The molecule has 24 heavy (non-hydrogen) atoms. The number of hydrogen-bond acceptors (Lipinski definition) is 3. The van der Waals surface area contributed by atoms with Gasteiger partial charge in [-0.15, -0.1) is 0 Å². The highest BCUT2D eigenvalue weighted by Crippen LogP contribution is 2.18. The number of nitrogens with zero attached hydrogens (tertiary/aromatic N) is 2. The Morgan fingerprint density at radius 1 is 1.17 bits per heavy atom. The predicted molar refractivity (Wildman–Crippen MR) is 95.3 cm³/mol. The molecule has 0 spiro atoms. The molecule has 0 aliphatic rings.